The molecule has 0 aliphatic carbocycles. The van der Waals surface area contributed by atoms with Gasteiger partial charge in [-0.15, -0.1) is 11.3 Å². The Morgan fingerprint density at radius 3 is 2.15 bits per heavy atom. The van der Waals surface area contributed by atoms with Crippen molar-refractivity contribution in [3.63, 3.8) is 0 Å². The van der Waals surface area contributed by atoms with Crippen LogP contribution in [0.3, 0.4) is 0 Å². The van der Waals surface area contributed by atoms with Crippen molar-refractivity contribution < 1.29 is 14.3 Å². The van der Waals surface area contributed by atoms with E-state index in [9.17, 15) is 9.59 Å². The average Bonchev–Trinajstić information content (AvgIpc) is 3.34. The Labute approximate surface area is 244 Å². The summed E-state index contributed by atoms with van der Waals surface area (Å²) in [4.78, 5) is 32.3. The summed E-state index contributed by atoms with van der Waals surface area (Å²) in [5.74, 6) is 0.416. The Morgan fingerprint density at radius 2 is 1.57 bits per heavy atom. The van der Waals surface area contributed by atoms with Crippen LogP contribution in [-0.4, -0.2) is 48.0 Å². The number of ether oxygens (including phenoxy) is 1. The first-order valence-corrected chi connectivity index (χ1v) is 15.2. The van der Waals surface area contributed by atoms with Crippen LogP contribution in [0.1, 0.15) is 80.0 Å². The van der Waals surface area contributed by atoms with Gasteiger partial charge >= 0.3 is 6.03 Å². The molecule has 3 rings (SSSR count). The van der Waals surface area contributed by atoms with Gasteiger partial charge in [0.15, 0.2) is 0 Å². The third-order valence-electron chi connectivity index (χ3n) is 7.01. The van der Waals surface area contributed by atoms with Crippen LogP contribution >= 0.6 is 11.3 Å². The quantitative estimate of drug-likeness (QED) is 0.204. The summed E-state index contributed by atoms with van der Waals surface area (Å²) in [7, 11) is 0. The van der Waals surface area contributed by atoms with E-state index >= 15 is 0 Å². The van der Waals surface area contributed by atoms with Crippen LogP contribution in [0, 0.1) is 6.92 Å². The van der Waals surface area contributed by atoms with E-state index in [0.29, 0.717) is 39.3 Å². The van der Waals surface area contributed by atoms with E-state index in [1.54, 1.807) is 16.2 Å². The van der Waals surface area contributed by atoms with Crippen LogP contribution in [-0.2, 0) is 22.6 Å². The average molecular weight is 564 g/mol. The number of amides is 3. The summed E-state index contributed by atoms with van der Waals surface area (Å²) in [5.41, 5.74) is 5.28. The van der Waals surface area contributed by atoms with Gasteiger partial charge in [-0.25, -0.2) is 4.79 Å². The number of rotatable bonds is 14. The maximum absolute atomic E-state index is 13.9. The molecule has 0 fully saturated rings. The lowest BCUT2D eigenvalue weighted by molar-refractivity contribution is -0.133. The van der Waals surface area contributed by atoms with Gasteiger partial charge in [0.2, 0.25) is 5.91 Å². The first-order chi connectivity index (χ1) is 19.2. The number of anilines is 1. The number of urea groups is 1. The van der Waals surface area contributed by atoms with Gasteiger partial charge in [0.25, 0.3) is 0 Å². The van der Waals surface area contributed by atoms with E-state index in [-0.39, 0.29) is 30.3 Å². The zero-order chi connectivity index (χ0) is 29.1. The molecule has 0 spiro atoms. The normalized spacial score (nSPS) is 11.2. The van der Waals surface area contributed by atoms with E-state index in [4.69, 9.17) is 4.74 Å². The van der Waals surface area contributed by atoms with Crippen LogP contribution in [0.4, 0.5) is 10.5 Å². The van der Waals surface area contributed by atoms with E-state index in [2.05, 4.69) is 69.6 Å². The van der Waals surface area contributed by atoms with E-state index < -0.39 is 0 Å². The Kier molecular flexibility index (Phi) is 12.2. The van der Waals surface area contributed by atoms with Crippen molar-refractivity contribution in [3.05, 3.63) is 87.1 Å². The number of benzene rings is 2. The van der Waals surface area contributed by atoms with Crippen LogP contribution in [0.15, 0.2) is 60.0 Å². The van der Waals surface area contributed by atoms with Gasteiger partial charge in [-0.05, 0) is 65.8 Å². The minimum Gasteiger partial charge on any atom is -0.382 e. The molecule has 40 heavy (non-hydrogen) atoms. The molecule has 0 aliphatic rings. The number of aryl methyl sites for hydroxylation is 1. The molecule has 3 aromatic rings. The second kappa shape index (κ2) is 15.6. The predicted molar refractivity (Wildman–Crippen MR) is 166 cm³/mol. The van der Waals surface area contributed by atoms with Crippen molar-refractivity contribution in [3.8, 4) is 0 Å². The molecular formula is C33H45N3O3S. The zero-order valence-electron chi connectivity index (χ0n) is 24.9. The Bertz CT molecular complexity index is 1200. The van der Waals surface area contributed by atoms with Crippen LogP contribution in [0.2, 0.25) is 0 Å². The monoisotopic (exact) mass is 563 g/mol. The fourth-order valence-electron chi connectivity index (χ4n) is 4.67. The smallest absolute Gasteiger partial charge is 0.322 e. The molecule has 7 heteroatoms. The molecule has 0 saturated heterocycles. The van der Waals surface area contributed by atoms with Crippen molar-refractivity contribution in [2.45, 2.75) is 72.9 Å². The van der Waals surface area contributed by atoms with E-state index in [1.165, 1.54) is 5.56 Å². The number of hydrogen-bond donors (Lipinski definition) is 1. The topological polar surface area (TPSA) is 61.9 Å². The second-order valence-electron chi connectivity index (χ2n) is 10.8. The van der Waals surface area contributed by atoms with Crippen molar-refractivity contribution >= 4 is 29.0 Å². The summed E-state index contributed by atoms with van der Waals surface area (Å²) in [6, 6.07) is 18.0. The molecule has 216 valence electrons. The van der Waals surface area contributed by atoms with Crippen molar-refractivity contribution in [1.82, 2.24) is 9.80 Å². The summed E-state index contributed by atoms with van der Waals surface area (Å²) in [6.07, 6.45) is 0.653. The fourth-order valence-corrected chi connectivity index (χ4v) is 5.60. The number of carbonyl (C=O) groups excluding carboxylic acids is 2. The summed E-state index contributed by atoms with van der Waals surface area (Å²) < 4.78 is 5.55. The van der Waals surface area contributed by atoms with Gasteiger partial charge < -0.3 is 19.9 Å². The lowest BCUT2D eigenvalue weighted by Gasteiger charge is -2.29. The number of nitrogens with one attached hydrogen (secondary N) is 1. The maximum atomic E-state index is 13.9. The predicted octanol–water partition coefficient (Wildman–Crippen LogP) is 7.79. The minimum atomic E-state index is -0.258. The standard InChI is InChI=1S/C33H45N3O3S/c1-7-39-19-12-18-35(33(38)34-32-28(24(2)3)15-11-16-29(32)25(4)5)23-31(37)36(21-27-13-9-8-10-14-27)22-30-26(6)17-20-40-30/h8-11,13-17,20,24-25H,7,12,18-19,21-23H2,1-6H3,(H,34,38). The maximum Gasteiger partial charge on any atom is 0.322 e. The third-order valence-corrected chi connectivity index (χ3v) is 8.02. The number of para-hydroxylation sites is 1. The zero-order valence-corrected chi connectivity index (χ0v) is 25.7. The van der Waals surface area contributed by atoms with Gasteiger partial charge in [0.05, 0.1) is 6.54 Å². The van der Waals surface area contributed by atoms with Gasteiger partial charge in [0, 0.05) is 36.9 Å². The summed E-state index contributed by atoms with van der Waals surface area (Å²) in [5, 5.41) is 5.27. The number of hydrogen-bond acceptors (Lipinski definition) is 4. The molecule has 1 heterocycles. The highest BCUT2D eigenvalue weighted by Gasteiger charge is 2.24. The lowest BCUT2D eigenvalue weighted by atomic mass is 9.93. The molecule has 0 aliphatic heterocycles. The number of carbonyl (C=O) groups is 2. The SMILES string of the molecule is CCOCCCN(CC(=O)N(Cc1ccccc1)Cc1sccc1C)C(=O)Nc1c(C(C)C)cccc1C(C)C. The molecule has 0 saturated carbocycles. The first kappa shape index (κ1) is 31.4. The molecule has 1 aromatic heterocycles. The molecule has 2 aromatic carbocycles. The summed E-state index contributed by atoms with van der Waals surface area (Å²) >= 11 is 1.66. The van der Waals surface area contributed by atoms with Crippen molar-refractivity contribution in [2.24, 2.45) is 0 Å². The largest absolute Gasteiger partial charge is 0.382 e. The highest BCUT2D eigenvalue weighted by atomic mass is 32.1. The highest BCUT2D eigenvalue weighted by Crippen LogP contribution is 2.32. The van der Waals surface area contributed by atoms with Crippen molar-refractivity contribution in [1.29, 1.82) is 0 Å². The van der Waals surface area contributed by atoms with Gasteiger partial charge in [0.1, 0.15) is 6.54 Å². The second-order valence-corrected chi connectivity index (χ2v) is 11.8. The van der Waals surface area contributed by atoms with Crippen LogP contribution < -0.4 is 5.32 Å². The molecular weight excluding hydrogens is 518 g/mol. The Balaban J connectivity index is 1.86. The van der Waals surface area contributed by atoms with Gasteiger partial charge in [-0.2, -0.15) is 0 Å². The van der Waals surface area contributed by atoms with Crippen molar-refractivity contribution in [2.75, 3.05) is 31.6 Å². The lowest BCUT2D eigenvalue weighted by Crippen LogP contribution is -2.45. The Morgan fingerprint density at radius 1 is 0.900 bits per heavy atom. The molecule has 0 atom stereocenters. The molecule has 1 N–H and O–H groups in total. The molecule has 0 unspecified atom stereocenters. The fraction of sp³-hybridized carbons (Fsp3) is 0.455. The minimum absolute atomic E-state index is 0.00390. The molecule has 3 amide bonds. The highest BCUT2D eigenvalue weighted by molar-refractivity contribution is 7.10. The first-order valence-electron chi connectivity index (χ1n) is 14.3. The van der Waals surface area contributed by atoms with E-state index in [1.807, 2.05) is 42.2 Å². The van der Waals surface area contributed by atoms with Crippen LogP contribution in [0.5, 0.6) is 0 Å². The number of nitrogens with zero attached hydrogens (tertiary/aromatic N) is 2. The molecule has 6 nitrogen and oxygen atoms in total. The molecule has 0 radical (unpaired) electrons. The summed E-state index contributed by atoms with van der Waals surface area (Å²) in [6.45, 7) is 15.1. The Hall–Kier alpha value is -3.16. The van der Waals surface area contributed by atoms with Gasteiger partial charge in [-0.1, -0.05) is 76.2 Å². The number of thiophene rings is 1. The third kappa shape index (κ3) is 8.93. The molecule has 0 bridgehead atoms. The van der Waals surface area contributed by atoms with E-state index in [0.717, 1.165) is 27.3 Å². The van der Waals surface area contributed by atoms with Crippen LogP contribution in [0.25, 0.3) is 0 Å². The van der Waals surface area contributed by atoms with Gasteiger partial charge in [-0.3, -0.25) is 4.79 Å².